The van der Waals surface area contributed by atoms with Crippen LogP contribution in [-0.2, 0) is 6.54 Å². The third-order valence-corrected chi connectivity index (χ3v) is 3.39. The minimum absolute atomic E-state index is 0.0880. The Morgan fingerprint density at radius 1 is 1.56 bits per heavy atom. The van der Waals surface area contributed by atoms with Gasteiger partial charge in [-0.15, -0.1) is 11.3 Å². The van der Waals surface area contributed by atoms with Gasteiger partial charge >= 0.3 is 5.97 Å². The molecule has 0 radical (unpaired) electrons. The van der Waals surface area contributed by atoms with Gasteiger partial charge in [-0.2, -0.15) is 0 Å². The summed E-state index contributed by atoms with van der Waals surface area (Å²) >= 11 is 1.70. The lowest BCUT2D eigenvalue weighted by Crippen LogP contribution is -2.06. The number of carboxylic acid groups (broad SMARTS) is 1. The summed E-state index contributed by atoms with van der Waals surface area (Å²) in [6.07, 6.45) is 1.29. The van der Waals surface area contributed by atoms with Gasteiger partial charge in [-0.05, 0) is 25.1 Å². The number of aromatic nitrogens is 1. The number of carbonyl (C=O) groups is 1. The summed E-state index contributed by atoms with van der Waals surface area (Å²) in [4.78, 5) is 17.2. The van der Waals surface area contributed by atoms with E-state index in [4.69, 9.17) is 10.8 Å². The largest absolute Gasteiger partial charge is 0.478 e. The van der Waals surface area contributed by atoms with Crippen molar-refractivity contribution in [2.24, 2.45) is 0 Å². The first-order valence-corrected chi connectivity index (χ1v) is 6.16. The summed E-state index contributed by atoms with van der Waals surface area (Å²) in [5.74, 6) is -0.527. The lowest BCUT2D eigenvalue weighted by atomic mass is 10.2. The summed E-state index contributed by atoms with van der Waals surface area (Å²) in [5.41, 5.74) is 6.17. The molecule has 94 valence electrons. The number of aromatic carboxylic acids is 1. The van der Waals surface area contributed by atoms with Crippen LogP contribution in [0.3, 0.4) is 0 Å². The van der Waals surface area contributed by atoms with Crippen LogP contribution in [-0.4, -0.2) is 16.1 Å². The van der Waals surface area contributed by atoms with E-state index in [1.165, 1.54) is 22.0 Å². The van der Waals surface area contributed by atoms with E-state index in [1.54, 1.807) is 11.3 Å². The zero-order valence-corrected chi connectivity index (χ0v) is 10.6. The number of carboxylic acids is 1. The summed E-state index contributed by atoms with van der Waals surface area (Å²) in [7, 11) is 0. The molecule has 0 saturated heterocycles. The van der Waals surface area contributed by atoms with Crippen LogP contribution in [0.15, 0.2) is 24.4 Å². The van der Waals surface area contributed by atoms with Crippen molar-refractivity contribution in [1.82, 2.24) is 4.98 Å². The third-order valence-electron chi connectivity index (χ3n) is 2.39. The summed E-state index contributed by atoms with van der Waals surface area (Å²) in [6.45, 7) is 2.67. The van der Waals surface area contributed by atoms with Gasteiger partial charge in [-0.1, -0.05) is 0 Å². The third kappa shape index (κ3) is 2.78. The lowest BCUT2D eigenvalue weighted by Gasteiger charge is -2.07. The molecule has 4 N–H and O–H groups in total. The molecule has 6 heteroatoms. The van der Waals surface area contributed by atoms with Crippen molar-refractivity contribution < 1.29 is 9.90 Å². The molecular weight excluding hydrogens is 250 g/mol. The fourth-order valence-corrected chi connectivity index (χ4v) is 2.33. The summed E-state index contributed by atoms with van der Waals surface area (Å²) < 4.78 is 0. The Balaban J connectivity index is 2.08. The highest BCUT2D eigenvalue weighted by Gasteiger charge is 2.07. The molecule has 0 saturated carbocycles. The highest BCUT2D eigenvalue weighted by molar-refractivity contribution is 7.11. The van der Waals surface area contributed by atoms with Crippen molar-refractivity contribution in [3.05, 3.63) is 39.7 Å². The van der Waals surface area contributed by atoms with E-state index in [0.29, 0.717) is 18.1 Å². The Hall–Kier alpha value is -2.08. The number of aryl methyl sites for hydroxylation is 1. The smallest absolute Gasteiger partial charge is 0.337 e. The number of nitrogens with one attached hydrogen (secondary N) is 1. The van der Waals surface area contributed by atoms with Crippen LogP contribution in [0.2, 0.25) is 0 Å². The molecule has 0 atom stereocenters. The van der Waals surface area contributed by atoms with E-state index in [0.717, 1.165) is 0 Å². The van der Waals surface area contributed by atoms with Crippen LogP contribution in [0.1, 0.15) is 20.1 Å². The number of nitrogens with two attached hydrogens (primary N) is 1. The van der Waals surface area contributed by atoms with Crippen molar-refractivity contribution in [1.29, 1.82) is 0 Å². The SMILES string of the molecule is Cc1ccc(CNc2ncc(C(=O)O)cc2N)s1. The Morgan fingerprint density at radius 3 is 2.89 bits per heavy atom. The normalized spacial score (nSPS) is 10.3. The predicted molar refractivity (Wildman–Crippen MR) is 72.0 cm³/mol. The minimum Gasteiger partial charge on any atom is -0.478 e. The fraction of sp³-hybridized carbons (Fsp3) is 0.167. The van der Waals surface area contributed by atoms with Crippen LogP contribution in [0.25, 0.3) is 0 Å². The van der Waals surface area contributed by atoms with E-state index in [2.05, 4.69) is 10.3 Å². The highest BCUT2D eigenvalue weighted by atomic mass is 32.1. The molecule has 2 aromatic heterocycles. The first-order chi connectivity index (χ1) is 8.56. The van der Waals surface area contributed by atoms with E-state index in [9.17, 15) is 4.79 Å². The summed E-state index contributed by atoms with van der Waals surface area (Å²) in [6, 6.07) is 5.48. The van der Waals surface area contributed by atoms with Gasteiger partial charge in [0.05, 0.1) is 17.8 Å². The molecule has 18 heavy (non-hydrogen) atoms. The second-order valence-electron chi connectivity index (χ2n) is 3.83. The first kappa shape index (κ1) is 12.4. The molecule has 0 amide bonds. The van der Waals surface area contributed by atoms with Gasteiger partial charge in [-0.25, -0.2) is 9.78 Å². The van der Waals surface area contributed by atoms with Gasteiger partial charge in [-0.3, -0.25) is 0 Å². The fourth-order valence-electron chi connectivity index (χ4n) is 1.50. The van der Waals surface area contributed by atoms with Crippen LogP contribution in [0.4, 0.5) is 11.5 Å². The van der Waals surface area contributed by atoms with Gasteiger partial charge in [0.15, 0.2) is 0 Å². The molecule has 2 heterocycles. The average molecular weight is 263 g/mol. The zero-order chi connectivity index (χ0) is 13.1. The Bertz CT molecular complexity index is 580. The second kappa shape index (κ2) is 5.05. The van der Waals surface area contributed by atoms with Gasteiger partial charge in [0.25, 0.3) is 0 Å². The monoisotopic (exact) mass is 263 g/mol. The number of nitrogen functional groups attached to an aromatic ring is 1. The van der Waals surface area contributed by atoms with Gasteiger partial charge in [0.2, 0.25) is 0 Å². The van der Waals surface area contributed by atoms with Crippen molar-refractivity contribution in [2.75, 3.05) is 11.1 Å². The molecule has 0 bridgehead atoms. The maximum Gasteiger partial charge on any atom is 0.337 e. The van der Waals surface area contributed by atoms with E-state index in [1.807, 2.05) is 19.1 Å². The molecule has 0 unspecified atom stereocenters. The number of hydrogen-bond acceptors (Lipinski definition) is 5. The quantitative estimate of drug-likeness (QED) is 0.788. The average Bonchev–Trinajstić information content (AvgIpc) is 2.73. The van der Waals surface area contributed by atoms with E-state index < -0.39 is 5.97 Å². The van der Waals surface area contributed by atoms with Crippen LogP contribution < -0.4 is 11.1 Å². The second-order valence-corrected chi connectivity index (χ2v) is 5.21. The summed E-state index contributed by atoms with van der Waals surface area (Å²) in [5, 5.41) is 11.9. The maximum atomic E-state index is 10.7. The van der Waals surface area contributed by atoms with Crippen molar-refractivity contribution in [2.45, 2.75) is 13.5 Å². The molecule has 0 spiro atoms. The Labute approximate surface area is 108 Å². The zero-order valence-electron chi connectivity index (χ0n) is 9.80. The van der Waals surface area contributed by atoms with Crippen molar-refractivity contribution >= 4 is 28.8 Å². The number of anilines is 2. The lowest BCUT2D eigenvalue weighted by molar-refractivity contribution is 0.0696. The molecular formula is C12H13N3O2S. The standard InChI is InChI=1S/C12H13N3O2S/c1-7-2-3-9(18-7)6-15-11-10(13)4-8(5-14-11)12(16)17/h2-5H,6,13H2,1H3,(H,14,15)(H,16,17). The molecule has 0 fully saturated rings. The molecule has 2 rings (SSSR count). The Kier molecular flexibility index (Phi) is 3.47. The number of pyridine rings is 1. The van der Waals surface area contributed by atoms with Crippen LogP contribution in [0.5, 0.6) is 0 Å². The molecule has 5 nitrogen and oxygen atoms in total. The van der Waals surface area contributed by atoms with E-state index >= 15 is 0 Å². The van der Waals surface area contributed by atoms with Gasteiger partial charge in [0.1, 0.15) is 5.82 Å². The van der Waals surface area contributed by atoms with Crippen molar-refractivity contribution in [3.8, 4) is 0 Å². The number of rotatable bonds is 4. The van der Waals surface area contributed by atoms with Crippen LogP contribution >= 0.6 is 11.3 Å². The Morgan fingerprint density at radius 2 is 2.33 bits per heavy atom. The van der Waals surface area contributed by atoms with E-state index in [-0.39, 0.29) is 5.56 Å². The first-order valence-electron chi connectivity index (χ1n) is 5.34. The van der Waals surface area contributed by atoms with Crippen molar-refractivity contribution in [3.63, 3.8) is 0 Å². The number of nitrogens with zero attached hydrogens (tertiary/aromatic N) is 1. The molecule has 0 aliphatic carbocycles. The minimum atomic E-state index is -1.03. The van der Waals surface area contributed by atoms with Gasteiger partial charge in [0, 0.05) is 16.0 Å². The molecule has 0 aliphatic rings. The molecule has 0 aromatic carbocycles. The maximum absolute atomic E-state index is 10.7. The predicted octanol–water partition coefficient (Wildman–Crippen LogP) is 2.34. The number of thiophene rings is 1. The topological polar surface area (TPSA) is 88.2 Å². The highest BCUT2D eigenvalue weighted by Crippen LogP contribution is 2.20. The van der Waals surface area contributed by atoms with Gasteiger partial charge < -0.3 is 16.2 Å². The molecule has 0 aliphatic heterocycles. The van der Waals surface area contributed by atoms with Crippen LogP contribution in [0, 0.1) is 6.92 Å². The molecule has 2 aromatic rings. The number of hydrogen-bond donors (Lipinski definition) is 3.